The molecule has 0 spiro atoms. The van der Waals surface area contributed by atoms with Gasteiger partial charge in [-0.2, -0.15) is 0 Å². The van der Waals surface area contributed by atoms with E-state index in [0.29, 0.717) is 26.1 Å². The molecule has 2 heterocycles. The lowest BCUT2D eigenvalue weighted by atomic mass is 10.0. The number of H-pyrrole nitrogens is 1. The number of hydrogen-bond acceptors (Lipinski definition) is 7. The van der Waals surface area contributed by atoms with Gasteiger partial charge in [0, 0.05) is 19.8 Å². The minimum Gasteiger partial charge on any atom is -0.455 e. The summed E-state index contributed by atoms with van der Waals surface area (Å²) in [6.07, 6.45) is 1.08. The van der Waals surface area contributed by atoms with Gasteiger partial charge in [-0.1, -0.05) is 44.2 Å². The van der Waals surface area contributed by atoms with Crippen LogP contribution in [0, 0.1) is 11.8 Å². The Hall–Kier alpha value is -3.40. The first-order chi connectivity index (χ1) is 15.8. The van der Waals surface area contributed by atoms with Gasteiger partial charge in [0.2, 0.25) is 0 Å². The van der Waals surface area contributed by atoms with Crippen molar-refractivity contribution in [2.75, 3.05) is 37.0 Å². The van der Waals surface area contributed by atoms with Crippen LogP contribution in [-0.4, -0.2) is 47.8 Å². The maximum Gasteiger partial charge on any atom is 0.330 e. The first-order valence-corrected chi connectivity index (χ1v) is 11.0. The van der Waals surface area contributed by atoms with Crippen molar-refractivity contribution in [3.8, 4) is 0 Å². The van der Waals surface area contributed by atoms with Crippen LogP contribution in [0.5, 0.6) is 0 Å². The standard InChI is InChI=1S/C23H30N4O6/c1-15(2)12-26(18(28)14-33-22(30)17-8-10-32-11-9-17)19-20(24)27(23(31)25-21(19)29)13-16-6-4-3-5-7-16/h3-7,15,17H,8-14,24H2,1-2H3,(H,25,29,31). The Labute approximate surface area is 191 Å². The molecule has 0 radical (unpaired) electrons. The molecule has 1 aliphatic heterocycles. The third-order valence-corrected chi connectivity index (χ3v) is 5.41. The molecule has 1 aromatic carbocycles. The van der Waals surface area contributed by atoms with E-state index in [2.05, 4.69) is 4.98 Å². The number of amides is 1. The van der Waals surface area contributed by atoms with Crippen LogP contribution in [0.25, 0.3) is 0 Å². The Morgan fingerprint density at radius 1 is 1.21 bits per heavy atom. The molecule has 0 bridgehead atoms. The molecule has 1 amide bonds. The molecule has 3 N–H and O–H groups in total. The Kier molecular flexibility index (Phi) is 8.05. The molecule has 10 heteroatoms. The van der Waals surface area contributed by atoms with E-state index in [0.717, 1.165) is 5.56 Å². The molecule has 0 atom stereocenters. The van der Waals surface area contributed by atoms with Crippen molar-refractivity contribution in [3.05, 3.63) is 56.7 Å². The third-order valence-electron chi connectivity index (χ3n) is 5.41. The van der Waals surface area contributed by atoms with Crippen molar-refractivity contribution in [1.29, 1.82) is 0 Å². The molecular weight excluding hydrogens is 428 g/mol. The van der Waals surface area contributed by atoms with Crippen LogP contribution in [0.4, 0.5) is 11.5 Å². The number of aromatic amines is 1. The van der Waals surface area contributed by atoms with Gasteiger partial charge in [-0.3, -0.25) is 23.9 Å². The van der Waals surface area contributed by atoms with Crippen molar-refractivity contribution in [2.45, 2.75) is 33.2 Å². The highest BCUT2D eigenvalue weighted by Gasteiger charge is 2.28. The molecule has 0 unspecified atom stereocenters. The molecule has 1 aliphatic rings. The highest BCUT2D eigenvalue weighted by Crippen LogP contribution is 2.20. The third kappa shape index (κ3) is 6.10. The number of nitrogens with two attached hydrogens (primary N) is 1. The van der Waals surface area contributed by atoms with Crippen LogP contribution < -0.4 is 21.9 Å². The number of esters is 1. The molecule has 0 saturated carbocycles. The van der Waals surface area contributed by atoms with E-state index in [9.17, 15) is 19.2 Å². The van der Waals surface area contributed by atoms with Crippen molar-refractivity contribution in [3.63, 3.8) is 0 Å². The van der Waals surface area contributed by atoms with Gasteiger partial charge >= 0.3 is 11.7 Å². The number of aromatic nitrogens is 2. The second kappa shape index (κ2) is 11.0. The molecular formula is C23H30N4O6. The summed E-state index contributed by atoms with van der Waals surface area (Å²) in [5, 5.41) is 0. The van der Waals surface area contributed by atoms with Gasteiger partial charge in [0.25, 0.3) is 11.5 Å². The molecule has 1 aromatic heterocycles. The van der Waals surface area contributed by atoms with Gasteiger partial charge in [-0.25, -0.2) is 4.79 Å². The normalized spacial score (nSPS) is 14.3. The van der Waals surface area contributed by atoms with Crippen molar-refractivity contribution in [2.24, 2.45) is 11.8 Å². The molecule has 178 valence electrons. The first-order valence-electron chi connectivity index (χ1n) is 11.0. The lowest BCUT2D eigenvalue weighted by Gasteiger charge is -2.26. The highest BCUT2D eigenvalue weighted by molar-refractivity contribution is 5.97. The zero-order valence-corrected chi connectivity index (χ0v) is 18.9. The number of carbonyl (C=O) groups is 2. The van der Waals surface area contributed by atoms with Gasteiger partial charge in [-0.05, 0) is 24.3 Å². The number of ether oxygens (including phenoxy) is 2. The second-order valence-corrected chi connectivity index (χ2v) is 8.46. The van der Waals surface area contributed by atoms with Gasteiger partial charge in [0.1, 0.15) is 5.82 Å². The molecule has 3 rings (SSSR count). The van der Waals surface area contributed by atoms with Crippen LogP contribution in [0.15, 0.2) is 39.9 Å². The summed E-state index contributed by atoms with van der Waals surface area (Å²) < 4.78 is 11.7. The predicted octanol–water partition coefficient (Wildman–Crippen LogP) is 1.13. The van der Waals surface area contributed by atoms with Crippen molar-refractivity contribution in [1.82, 2.24) is 9.55 Å². The maximum atomic E-state index is 13.1. The predicted molar refractivity (Wildman–Crippen MR) is 123 cm³/mol. The number of nitrogen functional groups attached to an aromatic ring is 1. The fourth-order valence-electron chi connectivity index (χ4n) is 3.71. The summed E-state index contributed by atoms with van der Waals surface area (Å²) in [6.45, 7) is 4.45. The van der Waals surface area contributed by atoms with E-state index >= 15 is 0 Å². The monoisotopic (exact) mass is 458 g/mol. The van der Waals surface area contributed by atoms with Crippen molar-refractivity contribution < 1.29 is 19.1 Å². The van der Waals surface area contributed by atoms with Gasteiger partial charge < -0.3 is 20.1 Å². The summed E-state index contributed by atoms with van der Waals surface area (Å²) >= 11 is 0. The van der Waals surface area contributed by atoms with Crippen LogP contribution in [0.3, 0.4) is 0 Å². The number of benzene rings is 1. The van der Waals surface area contributed by atoms with E-state index in [1.54, 1.807) is 0 Å². The quantitative estimate of drug-likeness (QED) is 0.566. The van der Waals surface area contributed by atoms with Crippen LogP contribution in [0.1, 0.15) is 32.3 Å². The number of hydrogen-bond donors (Lipinski definition) is 2. The van der Waals surface area contributed by atoms with E-state index in [-0.39, 0.29) is 36.4 Å². The fourth-order valence-corrected chi connectivity index (χ4v) is 3.71. The van der Waals surface area contributed by atoms with E-state index in [1.807, 2.05) is 44.2 Å². The maximum absolute atomic E-state index is 13.1. The Morgan fingerprint density at radius 2 is 1.88 bits per heavy atom. The number of carbonyl (C=O) groups excluding carboxylic acids is 2. The minimum absolute atomic E-state index is 0.0200. The van der Waals surface area contributed by atoms with Gasteiger partial charge in [-0.15, -0.1) is 0 Å². The molecule has 2 aromatic rings. The summed E-state index contributed by atoms with van der Waals surface area (Å²) in [4.78, 5) is 54.0. The smallest absolute Gasteiger partial charge is 0.330 e. The molecule has 33 heavy (non-hydrogen) atoms. The van der Waals surface area contributed by atoms with E-state index < -0.39 is 29.7 Å². The van der Waals surface area contributed by atoms with Crippen LogP contribution in [0.2, 0.25) is 0 Å². The number of nitrogens with one attached hydrogen (secondary N) is 1. The molecule has 10 nitrogen and oxygen atoms in total. The average molecular weight is 459 g/mol. The summed E-state index contributed by atoms with van der Waals surface area (Å²) in [7, 11) is 0. The van der Waals surface area contributed by atoms with Gasteiger partial charge in [0.05, 0.1) is 12.5 Å². The summed E-state index contributed by atoms with van der Waals surface area (Å²) in [5.74, 6) is -1.52. The molecule has 1 saturated heterocycles. The molecule has 0 aliphatic carbocycles. The fraction of sp³-hybridized carbons (Fsp3) is 0.478. The van der Waals surface area contributed by atoms with E-state index in [1.165, 1.54) is 9.47 Å². The van der Waals surface area contributed by atoms with Crippen LogP contribution >= 0.6 is 0 Å². The van der Waals surface area contributed by atoms with Crippen LogP contribution in [-0.2, 0) is 25.6 Å². The SMILES string of the molecule is CC(C)CN(C(=O)COC(=O)C1CCOCC1)c1c(N)n(Cc2ccccc2)c(=O)[nH]c1=O. The summed E-state index contributed by atoms with van der Waals surface area (Å²) in [5.41, 5.74) is 5.47. The number of nitrogens with zero attached hydrogens (tertiary/aromatic N) is 2. The zero-order valence-electron chi connectivity index (χ0n) is 18.9. The Balaban J connectivity index is 1.87. The second-order valence-electron chi connectivity index (χ2n) is 8.46. The van der Waals surface area contributed by atoms with Crippen molar-refractivity contribution >= 4 is 23.4 Å². The Morgan fingerprint density at radius 3 is 2.52 bits per heavy atom. The minimum atomic E-state index is -0.772. The molecule has 1 fully saturated rings. The number of anilines is 2. The largest absolute Gasteiger partial charge is 0.455 e. The first kappa shape index (κ1) is 24.2. The zero-order chi connectivity index (χ0) is 24.0. The van der Waals surface area contributed by atoms with Gasteiger partial charge in [0.15, 0.2) is 12.3 Å². The van der Waals surface area contributed by atoms with E-state index in [4.69, 9.17) is 15.2 Å². The lowest BCUT2D eigenvalue weighted by Crippen LogP contribution is -2.44. The lowest BCUT2D eigenvalue weighted by molar-refractivity contribution is -0.154. The highest BCUT2D eigenvalue weighted by atomic mass is 16.5. The Bertz CT molecular complexity index is 1090. The number of rotatable bonds is 8. The topological polar surface area (TPSA) is 137 Å². The summed E-state index contributed by atoms with van der Waals surface area (Å²) in [6, 6.07) is 9.14. The average Bonchev–Trinajstić information content (AvgIpc) is 2.80.